The van der Waals surface area contributed by atoms with Crippen LogP contribution in [0.15, 0.2) is 48.5 Å². The third kappa shape index (κ3) is 5.22. The summed E-state index contributed by atoms with van der Waals surface area (Å²) in [5, 5.41) is 2.92. The van der Waals surface area contributed by atoms with Crippen molar-refractivity contribution in [2.24, 2.45) is 5.73 Å². The second-order valence-corrected chi connectivity index (χ2v) is 6.19. The Kier molecular flexibility index (Phi) is 8.76. The van der Waals surface area contributed by atoms with Crippen LogP contribution < -0.4 is 11.1 Å². The van der Waals surface area contributed by atoms with Gasteiger partial charge in [0.05, 0.1) is 11.0 Å². The quantitative estimate of drug-likeness (QED) is 0.654. The first-order chi connectivity index (χ1) is 12.1. The van der Waals surface area contributed by atoms with Gasteiger partial charge in [-0.3, -0.25) is 4.79 Å². The zero-order valence-electron chi connectivity index (χ0n) is 15.5. The summed E-state index contributed by atoms with van der Waals surface area (Å²) in [7, 11) is 0. The molecule has 3 aromatic rings. The van der Waals surface area contributed by atoms with Gasteiger partial charge in [0.15, 0.2) is 0 Å². The molecular weight excluding hydrogens is 383 g/mol. The molecule has 0 saturated heterocycles. The molecule has 1 atom stereocenters. The Morgan fingerprint density at radius 2 is 1.81 bits per heavy atom. The lowest BCUT2D eigenvalue weighted by molar-refractivity contribution is -0.122. The predicted molar refractivity (Wildman–Crippen MR) is 115 cm³/mol. The first kappa shape index (κ1) is 23.0. The number of halogens is 2. The summed E-state index contributed by atoms with van der Waals surface area (Å²) in [6, 6.07) is 15.2. The van der Waals surface area contributed by atoms with Crippen LogP contribution >= 0.6 is 24.8 Å². The molecule has 0 aliphatic rings. The molecule has 1 aromatic heterocycles. The van der Waals surface area contributed by atoms with Gasteiger partial charge in [0.1, 0.15) is 11.9 Å². The number of para-hydroxylation sites is 2. The maximum absolute atomic E-state index is 12.3. The van der Waals surface area contributed by atoms with E-state index in [1.807, 2.05) is 49.4 Å². The monoisotopic (exact) mass is 408 g/mol. The zero-order valence-corrected chi connectivity index (χ0v) is 17.1. The lowest BCUT2D eigenvalue weighted by Crippen LogP contribution is -2.35. The molecule has 1 amide bonds. The van der Waals surface area contributed by atoms with Crippen LogP contribution in [0.1, 0.15) is 29.9 Å². The number of rotatable bonds is 6. The van der Waals surface area contributed by atoms with E-state index in [9.17, 15) is 4.79 Å². The minimum Gasteiger partial charge on any atom is -0.354 e. The highest BCUT2D eigenvalue weighted by atomic mass is 35.5. The standard InChI is InChI=1S/C20H24N4O.2ClH/c1-3-24-17-7-5-4-6-16(17)23-18(24)12-13-22-20(25)19(21)15-10-8-14(2)9-11-15;;/h4-11,19H,3,12-13,21H2,1-2H3,(H,22,25);2*1H. The number of benzene rings is 2. The molecule has 7 heteroatoms. The lowest BCUT2D eigenvalue weighted by atomic mass is 10.1. The average molecular weight is 409 g/mol. The van der Waals surface area contributed by atoms with E-state index in [-0.39, 0.29) is 30.7 Å². The van der Waals surface area contributed by atoms with Crippen LogP contribution in [0.2, 0.25) is 0 Å². The van der Waals surface area contributed by atoms with Crippen LogP contribution in [0.4, 0.5) is 0 Å². The molecule has 3 N–H and O–H groups in total. The molecule has 27 heavy (non-hydrogen) atoms. The predicted octanol–water partition coefficient (Wildman–Crippen LogP) is 3.57. The SMILES string of the molecule is CCn1c(CCNC(=O)C(N)c2ccc(C)cc2)nc2ccccc21.Cl.Cl. The second kappa shape index (κ2) is 10.3. The van der Waals surface area contributed by atoms with Gasteiger partial charge in [0.2, 0.25) is 5.91 Å². The Labute approximate surface area is 172 Å². The highest BCUT2D eigenvalue weighted by molar-refractivity contribution is 5.85. The first-order valence-corrected chi connectivity index (χ1v) is 8.64. The van der Waals surface area contributed by atoms with Crippen molar-refractivity contribution in [2.45, 2.75) is 32.9 Å². The van der Waals surface area contributed by atoms with Gasteiger partial charge in [-0.25, -0.2) is 4.98 Å². The third-order valence-corrected chi connectivity index (χ3v) is 4.42. The molecule has 0 radical (unpaired) electrons. The van der Waals surface area contributed by atoms with Crippen molar-refractivity contribution in [3.05, 3.63) is 65.5 Å². The van der Waals surface area contributed by atoms with Gasteiger partial charge in [-0.15, -0.1) is 24.8 Å². The van der Waals surface area contributed by atoms with Crippen molar-refractivity contribution in [1.82, 2.24) is 14.9 Å². The van der Waals surface area contributed by atoms with E-state index in [0.717, 1.165) is 34.5 Å². The number of nitrogens with one attached hydrogen (secondary N) is 1. The number of carbonyl (C=O) groups excluding carboxylic acids is 1. The summed E-state index contributed by atoms with van der Waals surface area (Å²) in [6.45, 7) is 5.48. The van der Waals surface area contributed by atoms with Crippen molar-refractivity contribution < 1.29 is 4.79 Å². The largest absolute Gasteiger partial charge is 0.354 e. The lowest BCUT2D eigenvalue weighted by Gasteiger charge is -2.13. The minimum absolute atomic E-state index is 0. The van der Waals surface area contributed by atoms with Crippen molar-refractivity contribution in [3.63, 3.8) is 0 Å². The van der Waals surface area contributed by atoms with Gasteiger partial charge < -0.3 is 15.6 Å². The van der Waals surface area contributed by atoms with E-state index in [1.54, 1.807) is 0 Å². The Morgan fingerprint density at radius 1 is 1.15 bits per heavy atom. The Morgan fingerprint density at radius 3 is 2.48 bits per heavy atom. The molecule has 2 aromatic carbocycles. The van der Waals surface area contributed by atoms with E-state index in [2.05, 4.69) is 27.9 Å². The number of imidazole rings is 1. The van der Waals surface area contributed by atoms with E-state index in [1.165, 1.54) is 0 Å². The van der Waals surface area contributed by atoms with Crippen LogP contribution in [0.3, 0.4) is 0 Å². The van der Waals surface area contributed by atoms with Gasteiger partial charge in [-0.1, -0.05) is 42.0 Å². The average Bonchev–Trinajstić information content (AvgIpc) is 2.99. The van der Waals surface area contributed by atoms with Crippen molar-refractivity contribution in [3.8, 4) is 0 Å². The molecule has 1 unspecified atom stereocenters. The summed E-state index contributed by atoms with van der Waals surface area (Å²) in [5.74, 6) is 0.816. The van der Waals surface area contributed by atoms with Gasteiger partial charge in [0, 0.05) is 19.5 Å². The molecule has 5 nitrogen and oxygen atoms in total. The number of aryl methyl sites for hydroxylation is 2. The fourth-order valence-electron chi connectivity index (χ4n) is 3.00. The number of amides is 1. The fourth-order valence-corrected chi connectivity index (χ4v) is 3.00. The smallest absolute Gasteiger partial charge is 0.241 e. The van der Waals surface area contributed by atoms with Crippen LogP contribution in [-0.2, 0) is 17.8 Å². The molecule has 0 bridgehead atoms. The van der Waals surface area contributed by atoms with Crippen molar-refractivity contribution in [1.29, 1.82) is 0 Å². The number of carbonyl (C=O) groups is 1. The number of nitrogens with two attached hydrogens (primary N) is 1. The zero-order chi connectivity index (χ0) is 17.8. The van der Waals surface area contributed by atoms with E-state index < -0.39 is 6.04 Å². The highest BCUT2D eigenvalue weighted by Gasteiger charge is 2.16. The number of fused-ring (bicyclic) bond motifs is 1. The van der Waals surface area contributed by atoms with Gasteiger partial charge in [0.25, 0.3) is 0 Å². The van der Waals surface area contributed by atoms with Crippen LogP contribution in [0.25, 0.3) is 11.0 Å². The minimum atomic E-state index is -0.648. The maximum atomic E-state index is 12.3. The molecule has 1 heterocycles. The molecule has 0 aliphatic carbocycles. The summed E-state index contributed by atoms with van der Waals surface area (Å²) in [6.07, 6.45) is 0.675. The number of hydrogen-bond acceptors (Lipinski definition) is 3. The van der Waals surface area contributed by atoms with Gasteiger partial charge >= 0.3 is 0 Å². The molecule has 0 fully saturated rings. The Bertz CT molecular complexity index is 877. The van der Waals surface area contributed by atoms with Crippen LogP contribution in [-0.4, -0.2) is 22.0 Å². The maximum Gasteiger partial charge on any atom is 0.241 e. The van der Waals surface area contributed by atoms with E-state index in [0.29, 0.717) is 13.0 Å². The molecule has 0 saturated carbocycles. The topological polar surface area (TPSA) is 72.9 Å². The number of hydrogen-bond donors (Lipinski definition) is 2. The van der Waals surface area contributed by atoms with E-state index in [4.69, 9.17) is 5.73 Å². The highest BCUT2D eigenvalue weighted by Crippen LogP contribution is 2.16. The summed E-state index contributed by atoms with van der Waals surface area (Å²) >= 11 is 0. The summed E-state index contributed by atoms with van der Waals surface area (Å²) in [4.78, 5) is 17.0. The summed E-state index contributed by atoms with van der Waals surface area (Å²) < 4.78 is 2.18. The molecule has 146 valence electrons. The molecule has 0 spiro atoms. The molecule has 3 rings (SSSR count). The van der Waals surface area contributed by atoms with Gasteiger partial charge in [-0.2, -0.15) is 0 Å². The first-order valence-electron chi connectivity index (χ1n) is 8.64. The van der Waals surface area contributed by atoms with Crippen LogP contribution in [0, 0.1) is 6.92 Å². The van der Waals surface area contributed by atoms with Crippen LogP contribution in [0.5, 0.6) is 0 Å². The van der Waals surface area contributed by atoms with Crippen molar-refractivity contribution >= 4 is 41.8 Å². The third-order valence-electron chi connectivity index (χ3n) is 4.42. The van der Waals surface area contributed by atoms with E-state index >= 15 is 0 Å². The summed E-state index contributed by atoms with van der Waals surface area (Å²) in [5.41, 5.74) is 10.1. The van der Waals surface area contributed by atoms with Gasteiger partial charge in [-0.05, 0) is 31.5 Å². The molecule has 0 aliphatic heterocycles. The number of nitrogens with zero attached hydrogens (tertiary/aromatic N) is 2. The van der Waals surface area contributed by atoms with Crippen molar-refractivity contribution in [2.75, 3.05) is 6.54 Å². The second-order valence-electron chi connectivity index (χ2n) is 6.19. The fraction of sp³-hybridized carbons (Fsp3) is 0.300. The Balaban J connectivity index is 0.00000182. The molecular formula is C20H26Cl2N4O. The number of aromatic nitrogens is 2. The normalized spacial score (nSPS) is 11.4. The Hall–Kier alpha value is -2.08.